The van der Waals surface area contributed by atoms with Crippen molar-refractivity contribution in [3.63, 3.8) is 0 Å². The molecule has 1 N–H and O–H groups in total. The van der Waals surface area contributed by atoms with Gasteiger partial charge in [0, 0.05) is 23.6 Å². The highest BCUT2D eigenvalue weighted by molar-refractivity contribution is 7.80. The van der Waals surface area contributed by atoms with Crippen LogP contribution in [-0.2, 0) is 5.41 Å². The highest BCUT2D eigenvalue weighted by Crippen LogP contribution is 2.49. The number of rotatable bonds is 0. The van der Waals surface area contributed by atoms with Crippen LogP contribution in [0.2, 0.25) is 0 Å². The lowest BCUT2D eigenvalue weighted by molar-refractivity contribution is -0.171. The molecule has 0 saturated heterocycles. The first kappa shape index (κ1) is 13.4. The number of nitrogens with one attached hydrogen (secondary N) is 1. The van der Waals surface area contributed by atoms with Crippen LogP contribution in [0.15, 0.2) is 24.3 Å². The molecule has 1 aromatic carbocycles. The van der Waals surface area contributed by atoms with Crippen molar-refractivity contribution in [1.82, 2.24) is 0 Å². The van der Waals surface area contributed by atoms with Crippen molar-refractivity contribution in [2.75, 3.05) is 5.32 Å². The van der Waals surface area contributed by atoms with Gasteiger partial charge in [0.15, 0.2) is 5.41 Å². The van der Waals surface area contributed by atoms with Crippen LogP contribution in [-0.4, -0.2) is 11.2 Å². The maximum absolute atomic E-state index is 13.7. The Morgan fingerprint density at radius 2 is 1.95 bits per heavy atom. The molecule has 0 aromatic heterocycles. The minimum Gasteiger partial charge on any atom is -0.350 e. The van der Waals surface area contributed by atoms with Gasteiger partial charge in [-0.3, -0.25) is 0 Å². The Kier molecular flexibility index (Phi) is 3.02. The van der Waals surface area contributed by atoms with E-state index in [2.05, 4.69) is 17.2 Å². The summed E-state index contributed by atoms with van der Waals surface area (Å²) in [7, 11) is 0. The fraction of sp³-hybridized carbons (Fsp3) is 0.400. The smallest absolute Gasteiger partial charge is 0.350 e. The van der Waals surface area contributed by atoms with E-state index in [0.29, 0.717) is 5.69 Å². The summed E-state index contributed by atoms with van der Waals surface area (Å²) < 4.78 is 41.2. The number of hydrogen-bond acceptors (Lipinski definition) is 1. The molecule has 1 aliphatic heterocycles. The van der Waals surface area contributed by atoms with Gasteiger partial charge in [-0.1, -0.05) is 42.3 Å². The number of benzene rings is 1. The van der Waals surface area contributed by atoms with Crippen molar-refractivity contribution in [1.29, 1.82) is 0 Å². The normalized spacial score (nSPS) is 25.2. The predicted octanol–water partition coefficient (Wildman–Crippen LogP) is 4.04. The van der Waals surface area contributed by atoms with Gasteiger partial charge in [-0.15, -0.1) is 0 Å². The van der Waals surface area contributed by atoms with E-state index in [9.17, 15) is 13.2 Å². The lowest BCUT2D eigenvalue weighted by Crippen LogP contribution is -2.47. The van der Waals surface area contributed by atoms with E-state index in [1.807, 2.05) is 0 Å². The standard InChI is InChI=1S/C15H12F3NS/c16-15(17,18)14(8-7-10-5-6-10)9-13(20)19-12-4-2-1-3-11(12)14/h1-4,10H,5-6,9H2,(H,19,20). The summed E-state index contributed by atoms with van der Waals surface area (Å²) in [6.45, 7) is 0. The third-order valence-electron chi connectivity index (χ3n) is 3.64. The SMILES string of the molecule is FC(F)(F)C1(C#CC2CC2)CC(=S)Nc2ccccc21. The summed E-state index contributed by atoms with van der Waals surface area (Å²) in [5, 5.41) is 2.85. The molecule has 1 fully saturated rings. The molecule has 2 aliphatic rings. The summed E-state index contributed by atoms with van der Waals surface area (Å²) in [6.07, 6.45) is -2.96. The maximum Gasteiger partial charge on any atom is 0.409 e. The Balaban J connectivity index is 2.19. The van der Waals surface area contributed by atoms with Gasteiger partial charge in [0.25, 0.3) is 0 Å². The highest BCUT2D eigenvalue weighted by Gasteiger charge is 2.58. The number of alkyl halides is 3. The molecular formula is C15H12F3NS. The number of thiocarbonyl (C=S) groups is 1. The topological polar surface area (TPSA) is 12.0 Å². The lowest BCUT2D eigenvalue weighted by Gasteiger charge is -2.37. The van der Waals surface area contributed by atoms with Crippen molar-refractivity contribution >= 4 is 22.9 Å². The van der Waals surface area contributed by atoms with Crippen LogP contribution >= 0.6 is 12.2 Å². The van der Waals surface area contributed by atoms with Gasteiger partial charge in [0.2, 0.25) is 0 Å². The number of hydrogen-bond donors (Lipinski definition) is 1. The molecule has 0 bridgehead atoms. The van der Waals surface area contributed by atoms with Crippen LogP contribution in [0.3, 0.4) is 0 Å². The molecule has 1 nitrogen and oxygen atoms in total. The average Bonchev–Trinajstić information content (AvgIpc) is 3.18. The van der Waals surface area contributed by atoms with Crippen LogP contribution in [0.25, 0.3) is 0 Å². The van der Waals surface area contributed by atoms with Gasteiger partial charge in [0.05, 0.1) is 4.99 Å². The van der Waals surface area contributed by atoms with E-state index >= 15 is 0 Å². The third-order valence-corrected chi connectivity index (χ3v) is 3.88. The van der Waals surface area contributed by atoms with E-state index in [4.69, 9.17) is 12.2 Å². The zero-order chi connectivity index (χ0) is 14.4. The third kappa shape index (κ3) is 2.18. The Labute approximate surface area is 120 Å². The molecule has 104 valence electrons. The number of halogens is 3. The van der Waals surface area contributed by atoms with Gasteiger partial charge in [-0.05, 0) is 18.9 Å². The van der Waals surface area contributed by atoms with Crippen LogP contribution in [0, 0.1) is 17.8 Å². The quantitative estimate of drug-likeness (QED) is 0.572. The highest BCUT2D eigenvalue weighted by atomic mass is 32.1. The largest absolute Gasteiger partial charge is 0.409 e. The van der Waals surface area contributed by atoms with Crippen molar-refractivity contribution in [2.45, 2.75) is 30.9 Å². The second-order valence-electron chi connectivity index (χ2n) is 5.22. The number of fused-ring (bicyclic) bond motifs is 1. The molecule has 1 aliphatic carbocycles. The molecular weight excluding hydrogens is 283 g/mol. The summed E-state index contributed by atoms with van der Waals surface area (Å²) in [5.74, 6) is 5.41. The van der Waals surface area contributed by atoms with Gasteiger partial charge in [-0.25, -0.2) is 0 Å². The first-order chi connectivity index (χ1) is 9.42. The number of para-hydroxylation sites is 1. The van der Waals surface area contributed by atoms with E-state index in [-0.39, 0.29) is 22.9 Å². The monoisotopic (exact) mass is 295 g/mol. The average molecular weight is 295 g/mol. The second kappa shape index (κ2) is 4.49. The first-order valence-electron chi connectivity index (χ1n) is 6.41. The molecule has 3 rings (SSSR count). The van der Waals surface area contributed by atoms with Crippen molar-refractivity contribution in [2.24, 2.45) is 5.92 Å². The molecule has 0 radical (unpaired) electrons. The van der Waals surface area contributed by atoms with E-state index in [1.165, 1.54) is 6.07 Å². The molecule has 1 aromatic rings. The van der Waals surface area contributed by atoms with Gasteiger partial charge >= 0.3 is 6.18 Å². The molecule has 0 spiro atoms. The van der Waals surface area contributed by atoms with Gasteiger partial charge < -0.3 is 5.32 Å². The van der Waals surface area contributed by atoms with Crippen molar-refractivity contribution in [3.8, 4) is 11.8 Å². The first-order valence-corrected chi connectivity index (χ1v) is 6.82. The number of anilines is 1. The summed E-state index contributed by atoms with van der Waals surface area (Å²) in [5.41, 5.74) is -1.59. The minimum atomic E-state index is -4.45. The van der Waals surface area contributed by atoms with E-state index < -0.39 is 11.6 Å². The molecule has 1 atom stereocenters. The maximum atomic E-state index is 13.7. The lowest BCUT2D eigenvalue weighted by atomic mass is 9.74. The molecule has 20 heavy (non-hydrogen) atoms. The van der Waals surface area contributed by atoms with Crippen LogP contribution in [0.1, 0.15) is 24.8 Å². The van der Waals surface area contributed by atoms with Crippen LogP contribution < -0.4 is 5.32 Å². The van der Waals surface area contributed by atoms with E-state index in [0.717, 1.165) is 12.8 Å². The van der Waals surface area contributed by atoms with Crippen molar-refractivity contribution < 1.29 is 13.2 Å². The second-order valence-corrected chi connectivity index (χ2v) is 5.71. The zero-order valence-electron chi connectivity index (χ0n) is 10.6. The summed E-state index contributed by atoms with van der Waals surface area (Å²) >= 11 is 5.02. The molecule has 1 saturated carbocycles. The van der Waals surface area contributed by atoms with Crippen LogP contribution in [0.5, 0.6) is 0 Å². The molecule has 1 heterocycles. The van der Waals surface area contributed by atoms with Gasteiger partial charge in [0.1, 0.15) is 0 Å². The minimum absolute atomic E-state index is 0.116. The predicted molar refractivity (Wildman–Crippen MR) is 75.5 cm³/mol. The Hall–Kier alpha value is -1.54. The molecule has 5 heteroatoms. The summed E-state index contributed by atoms with van der Waals surface area (Å²) in [6, 6.07) is 6.39. The fourth-order valence-electron chi connectivity index (χ4n) is 2.38. The van der Waals surface area contributed by atoms with Crippen LogP contribution in [0.4, 0.5) is 18.9 Å². The Bertz CT molecular complexity index is 622. The summed E-state index contributed by atoms with van der Waals surface area (Å²) in [4.78, 5) is 0.186. The molecule has 1 unspecified atom stereocenters. The van der Waals surface area contributed by atoms with Crippen molar-refractivity contribution in [3.05, 3.63) is 29.8 Å². The Morgan fingerprint density at radius 3 is 2.60 bits per heavy atom. The Morgan fingerprint density at radius 1 is 1.25 bits per heavy atom. The zero-order valence-corrected chi connectivity index (χ0v) is 11.4. The molecule has 0 amide bonds. The fourth-order valence-corrected chi connectivity index (χ4v) is 2.71. The van der Waals surface area contributed by atoms with Gasteiger partial charge in [-0.2, -0.15) is 13.2 Å². The van der Waals surface area contributed by atoms with E-state index in [1.54, 1.807) is 18.2 Å².